The number of hydrogen-bond donors (Lipinski definition) is 1. The first kappa shape index (κ1) is 15.1. The third-order valence-electron chi connectivity index (χ3n) is 5.40. The Balaban J connectivity index is 1.70. The van der Waals surface area contributed by atoms with Crippen molar-refractivity contribution in [2.45, 2.75) is 44.7 Å². The minimum Gasteiger partial charge on any atom is -0.464 e. The first-order valence-corrected chi connectivity index (χ1v) is 8.46. The van der Waals surface area contributed by atoms with Crippen molar-refractivity contribution in [2.24, 2.45) is 11.7 Å². The molecule has 21 heavy (non-hydrogen) atoms. The predicted molar refractivity (Wildman–Crippen MR) is 85.2 cm³/mol. The van der Waals surface area contributed by atoms with Crippen molar-refractivity contribution in [1.82, 2.24) is 9.80 Å². The van der Waals surface area contributed by atoms with Gasteiger partial charge in [0.1, 0.15) is 11.5 Å². The van der Waals surface area contributed by atoms with Crippen LogP contribution in [0.5, 0.6) is 0 Å². The molecule has 0 aromatic carbocycles. The van der Waals surface area contributed by atoms with Gasteiger partial charge < -0.3 is 15.1 Å². The van der Waals surface area contributed by atoms with E-state index in [1.807, 2.05) is 0 Å². The summed E-state index contributed by atoms with van der Waals surface area (Å²) in [6.07, 6.45) is 4.91. The molecular weight excluding hydrogens is 262 g/mol. The highest BCUT2D eigenvalue weighted by molar-refractivity contribution is 5.12. The zero-order chi connectivity index (χ0) is 14.8. The Morgan fingerprint density at radius 3 is 2.90 bits per heavy atom. The van der Waals surface area contributed by atoms with Gasteiger partial charge in [-0.25, -0.2) is 0 Å². The van der Waals surface area contributed by atoms with Crippen LogP contribution >= 0.6 is 0 Å². The molecule has 0 amide bonds. The van der Waals surface area contributed by atoms with E-state index in [-0.39, 0.29) is 6.04 Å². The summed E-state index contributed by atoms with van der Waals surface area (Å²) < 4.78 is 5.96. The van der Waals surface area contributed by atoms with Crippen LogP contribution in [0.1, 0.15) is 43.7 Å². The average molecular weight is 291 g/mol. The van der Waals surface area contributed by atoms with Crippen molar-refractivity contribution in [3.8, 4) is 0 Å². The Morgan fingerprint density at radius 1 is 1.33 bits per heavy atom. The van der Waals surface area contributed by atoms with Crippen LogP contribution in [-0.4, -0.2) is 49.1 Å². The summed E-state index contributed by atoms with van der Waals surface area (Å²) >= 11 is 0. The molecule has 2 saturated heterocycles. The highest BCUT2D eigenvalue weighted by Gasteiger charge is 2.37. The van der Waals surface area contributed by atoms with Crippen LogP contribution in [0.4, 0.5) is 0 Å². The second-order valence-electron chi connectivity index (χ2n) is 6.64. The van der Waals surface area contributed by atoms with E-state index in [0.29, 0.717) is 6.54 Å². The van der Waals surface area contributed by atoms with Crippen molar-refractivity contribution in [2.75, 3.05) is 33.2 Å². The second kappa shape index (κ2) is 6.51. The Bertz CT molecular complexity index is 459. The molecular formula is C17H29N3O. The standard InChI is InChI=1S/C17H29N3O/c1-3-14-6-7-17(21-14)16(11-18)20-10-8-15-13(12-20)5-4-9-19(15)2/h6-7,13,15-16H,3-5,8-12,18H2,1-2H3. The minimum atomic E-state index is 0.249. The molecule has 4 nitrogen and oxygen atoms in total. The fourth-order valence-corrected chi connectivity index (χ4v) is 4.17. The quantitative estimate of drug-likeness (QED) is 0.924. The van der Waals surface area contributed by atoms with Crippen LogP contribution in [0, 0.1) is 5.92 Å². The summed E-state index contributed by atoms with van der Waals surface area (Å²) in [5.74, 6) is 2.92. The van der Waals surface area contributed by atoms with Crippen LogP contribution in [0.2, 0.25) is 0 Å². The fraction of sp³-hybridized carbons (Fsp3) is 0.765. The molecule has 0 bridgehead atoms. The number of piperidine rings is 2. The van der Waals surface area contributed by atoms with Gasteiger partial charge in [0.05, 0.1) is 6.04 Å². The number of nitrogens with two attached hydrogens (primary N) is 1. The van der Waals surface area contributed by atoms with Crippen LogP contribution in [0.25, 0.3) is 0 Å². The third-order valence-corrected chi connectivity index (χ3v) is 5.40. The van der Waals surface area contributed by atoms with Gasteiger partial charge in [-0.15, -0.1) is 0 Å². The van der Waals surface area contributed by atoms with Crippen LogP contribution in [0.3, 0.4) is 0 Å². The average Bonchev–Trinajstić information content (AvgIpc) is 2.97. The van der Waals surface area contributed by atoms with Gasteiger partial charge in [-0.05, 0) is 50.9 Å². The molecule has 118 valence electrons. The lowest BCUT2D eigenvalue weighted by Gasteiger charge is -2.47. The maximum atomic E-state index is 6.07. The topological polar surface area (TPSA) is 45.6 Å². The summed E-state index contributed by atoms with van der Waals surface area (Å²) in [4.78, 5) is 5.11. The molecule has 0 radical (unpaired) electrons. The van der Waals surface area contributed by atoms with E-state index >= 15 is 0 Å². The van der Waals surface area contributed by atoms with Gasteiger partial charge in [-0.1, -0.05) is 6.92 Å². The number of furan rings is 1. The molecule has 1 aromatic heterocycles. The summed E-state index contributed by atoms with van der Waals surface area (Å²) in [6, 6.07) is 5.24. The third kappa shape index (κ3) is 3.03. The Kier molecular flexibility index (Phi) is 4.67. The molecule has 2 N–H and O–H groups in total. The van der Waals surface area contributed by atoms with Crippen LogP contribution < -0.4 is 5.73 Å². The Hall–Kier alpha value is -0.840. The smallest absolute Gasteiger partial charge is 0.122 e. The summed E-state index contributed by atoms with van der Waals surface area (Å²) in [7, 11) is 2.28. The zero-order valence-corrected chi connectivity index (χ0v) is 13.4. The number of aryl methyl sites for hydroxylation is 1. The van der Waals surface area contributed by atoms with E-state index in [1.165, 1.54) is 32.4 Å². The molecule has 3 heterocycles. The molecule has 0 saturated carbocycles. The maximum Gasteiger partial charge on any atom is 0.122 e. The van der Waals surface area contributed by atoms with E-state index in [1.54, 1.807) is 0 Å². The SMILES string of the molecule is CCc1ccc(C(CN)N2CCC3C(CCCN3C)C2)o1. The van der Waals surface area contributed by atoms with Gasteiger partial charge >= 0.3 is 0 Å². The summed E-state index contributed by atoms with van der Waals surface area (Å²) in [5.41, 5.74) is 6.07. The monoisotopic (exact) mass is 291 g/mol. The minimum absolute atomic E-state index is 0.249. The van der Waals surface area contributed by atoms with Crippen molar-refractivity contribution in [3.63, 3.8) is 0 Å². The first-order chi connectivity index (χ1) is 10.2. The molecule has 4 heteroatoms. The molecule has 0 spiro atoms. The lowest BCUT2D eigenvalue weighted by molar-refractivity contribution is 0.0170. The summed E-state index contributed by atoms with van der Waals surface area (Å²) in [5, 5.41) is 0. The second-order valence-corrected chi connectivity index (χ2v) is 6.64. The van der Waals surface area contributed by atoms with Crippen molar-refractivity contribution < 1.29 is 4.42 Å². The zero-order valence-electron chi connectivity index (χ0n) is 13.4. The van der Waals surface area contributed by atoms with Gasteiger partial charge in [0.15, 0.2) is 0 Å². The summed E-state index contributed by atoms with van der Waals surface area (Å²) in [6.45, 7) is 6.33. The number of rotatable bonds is 4. The molecule has 3 rings (SSSR count). The number of likely N-dealkylation sites (tertiary alicyclic amines) is 2. The normalized spacial score (nSPS) is 29.3. The molecule has 2 fully saturated rings. The maximum absolute atomic E-state index is 6.07. The molecule has 3 atom stereocenters. The lowest BCUT2D eigenvalue weighted by Crippen LogP contribution is -2.53. The molecule has 2 aliphatic rings. The Labute approximate surface area is 128 Å². The highest BCUT2D eigenvalue weighted by Crippen LogP contribution is 2.33. The van der Waals surface area contributed by atoms with Crippen LogP contribution in [-0.2, 0) is 6.42 Å². The van der Waals surface area contributed by atoms with Crippen molar-refractivity contribution >= 4 is 0 Å². The van der Waals surface area contributed by atoms with Crippen molar-refractivity contribution in [1.29, 1.82) is 0 Å². The molecule has 3 unspecified atom stereocenters. The van der Waals surface area contributed by atoms with E-state index in [9.17, 15) is 0 Å². The van der Waals surface area contributed by atoms with E-state index in [4.69, 9.17) is 10.2 Å². The first-order valence-electron chi connectivity index (χ1n) is 8.46. The van der Waals surface area contributed by atoms with Gasteiger partial charge in [0, 0.05) is 32.1 Å². The van der Waals surface area contributed by atoms with E-state index in [0.717, 1.165) is 36.4 Å². The van der Waals surface area contributed by atoms with Gasteiger partial charge in [0.25, 0.3) is 0 Å². The molecule has 2 aliphatic heterocycles. The lowest BCUT2D eigenvalue weighted by atomic mass is 9.83. The van der Waals surface area contributed by atoms with E-state index in [2.05, 4.69) is 35.9 Å². The van der Waals surface area contributed by atoms with Crippen molar-refractivity contribution in [3.05, 3.63) is 23.7 Å². The van der Waals surface area contributed by atoms with Gasteiger partial charge in [-0.3, -0.25) is 4.90 Å². The molecule has 0 aliphatic carbocycles. The van der Waals surface area contributed by atoms with Gasteiger partial charge in [0.2, 0.25) is 0 Å². The van der Waals surface area contributed by atoms with E-state index < -0.39 is 0 Å². The van der Waals surface area contributed by atoms with Crippen LogP contribution in [0.15, 0.2) is 16.5 Å². The molecule has 1 aromatic rings. The largest absolute Gasteiger partial charge is 0.464 e. The Morgan fingerprint density at radius 2 is 2.19 bits per heavy atom. The number of hydrogen-bond acceptors (Lipinski definition) is 4. The fourth-order valence-electron chi connectivity index (χ4n) is 4.17. The number of fused-ring (bicyclic) bond motifs is 1. The number of nitrogens with zero attached hydrogens (tertiary/aromatic N) is 2. The highest BCUT2D eigenvalue weighted by atomic mass is 16.3. The predicted octanol–water partition coefficient (Wildman–Crippen LogP) is 2.26. The van der Waals surface area contributed by atoms with Gasteiger partial charge in [-0.2, -0.15) is 0 Å².